The molecule has 1 N–H and O–H groups in total. The Balaban J connectivity index is 1.45. The van der Waals surface area contributed by atoms with E-state index in [4.69, 9.17) is 0 Å². The van der Waals surface area contributed by atoms with E-state index < -0.39 is 0 Å². The second kappa shape index (κ2) is 8.17. The van der Waals surface area contributed by atoms with Crippen LogP contribution < -0.4 is 5.32 Å². The first-order valence-corrected chi connectivity index (χ1v) is 9.65. The molecule has 7 heteroatoms. The number of piperazine rings is 1. The Bertz CT molecular complexity index is 512. The normalized spacial score (nSPS) is 24.9. The number of likely N-dealkylation sites (N-methyl/N-ethyl adjacent to an activating group) is 1. The molecule has 0 aromatic heterocycles. The number of carbonyl (C=O) groups is 3. The first-order chi connectivity index (χ1) is 12.1. The van der Waals surface area contributed by atoms with Crippen molar-refractivity contribution in [3.05, 3.63) is 0 Å². The van der Waals surface area contributed by atoms with Crippen LogP contribution in [0.15, 0.2) is 0 Å². The highest BCUT2D eigenvalue weighted by atomic mass is 16.2. The van der Waals surface area contributed by atoms with Gasteiger partial charge in [-0.1, -0.05) is 0 Å². The summed E-state index contributed by atoms with van der Waals surface area (Å²) in [5.74, 6) is 0.664. The van der Waals surface area contributed by atoms with E-state index in [2.05, 4.69) is 10.2 Å². The molecule has 7 nitrogen and oxygen atoms in total. The molecule has 2 aliphatic heterocycles. The largest absolute Gasteiger partial charge is 0.355 e. The van der Waals surface area contributed by atoms with Gasteiger partial charge < -0.3 is 15.1 Å². The molecule has 0 spiro atoms. The Kier molecular flexibility index (Phi) is 5.93. The van der Waals surface area contributed by atoms with Crippen molar-refractivity contribution in [1.82, 2.24) is 20.0 Å². The van der Waals surface area contributed by atoms with Gasteiger partial charge in [-0.05, 0) is 32.6 Å². The molecule has 1 aliphatic carbocycles. The number of carbonyl (C=O) groups excluding carboxylic acids is 3. The monoisotopic (exact) mass is 350 g/mol. The summed E-state index contributed by atoms with van der Waals surface area (Å²) >= 11 is 0. The van der Waals surface area contributed by atoms with Crippen molar-refractivity contribution in [3.8, 4) is 0 Å². The molecule has 140 valence electrons. The number of hydrogen-bond acceptors (Lipinski definition) is 4. The number of likely N-dealkylation sites (tertiary alicyclic amines) is 1. The summed E-state index contributed by atoms with van der Waals surface area (Å²) in [5.41, 5.74) is 0. The average molecular weight is 350 g/mol. The summed E-state index contributed by atoms with van der Waals surface area (Å²) in [7, 11) is 0. The standard InChI is InChI=1S/C18H30N4O3/c1-2-19-16(23)13-20-8-10-21(11-9-20)18(25)15-4-3-7-22(12-15)17(24)14-5-6-14/h14-15H,2-13H2,1H3,(H,19,23). The quantitative estimate of drug-likeness (QED) is 0.752. The zero-order valence-electron chi connectivity index (χ0n) is 15.2. The van der Waals surface area contributed by atoms with Crippen LogP contribution in [-0.4, -0.2) is 84.8 Å². The lowest BCUT2D eigenvalue weighted by Crippen LogP contribution is -2.54. The third-order valence-electron chi connectivity index (χ3n) is 5.43. The van der Waals surface area contributed by atoms with Gasteiger partial charge in [0.1, 0.15) is 0 Å². The molecule has 3 fully saturated rings. The van der Waals surface area contributed by atoms with E-state index in [0.717, 1.165) is 45.3 Å². The second-order valence-electron chi connectivity index (χ2n) is 7.45. The minimum Gasteiger partial charge on any atom is -0.355 e. The van der Waals surface area contributed by atoms with Gasteiger partial charge in [0, 0.05) is 51.7 Å². The fourth-order valence-electron chi connectivity index (χ4n) is 3.81. The molecule has 0 aromatic rings. The molecule has 0 radical (unpaired) electrons. The predicted molar refractivity (Wildman–Crippen MR) is 93.7 cm³/mol. The number of amides is 3. The SMILES string of the molecule is CCNC(=O)CN1CCN(C(=O)C2CCCN(C(=O)C3CC3)C2)CC1. The van der Waals surface area contributed by atoms with Crippen molar-refractivity contribution in [2.24, 2.45) is 11.8 Å². The molecule has 1 unspecified atom stereocenters. The molecular weight excluding hydrogens is 320 g/mol. The molecule has 1 saturated carbocycles. The molecule has 3 amide bonds. The lowest BCUT2D eigenvalue weighted by atomic mass is 9.95. The van der Waals surface area contributed by atoms with Crippen molar-refractivity contribution >= 4 is 17.7 Å². The summed E-state index contributed by atoms with van der Waals surface area (Å²) < 4.78 is 0. The molecule has 3 rings (SSSR count). The van der Waals surface area contributed by atoms with Crippen LogP contribution in [0.4, 0.5) is 0 Å². The molecule has 25 heavy (non-hydrogen) atoms. The maximum atomic E-state index is 12.8. The van der Waals surface area contributed by atoms with Crippen LogP contribution >= 0.6 is 0 Å². The van der Waals surface area contributed by atoms with Gasteiger partial charge in [0.2, 0.25) is 17.7 Å². The van der Waals surface area contributed by atoms with Crippen LogP contribution in [0, 0.1) is 11.8 Å². The average Bonchev–Trinajstić information content (AvgIpc) is 3.46. The van der Waals surface area contributed by atoms with Crippen molar-refractivity contribution in [3.63, 3.8) is 0 Å². The highest BCUT2D eigenvalue weighted by Gasteiger charge is 2.38. The first kappa shape index (κ1) is 18.2. The number of hydrogen-bond donors (Lipinski definition) is 1. The van der Waals surface area contributed by atoms with Gasteiger partial charge in [0.25, 0.3) is 0 Å². The Morgan fingerprint density at radius 3 is 2.20 bits per heavy atom. The maximum absolute atomic E-state index is 12.8. The van der Waals surface area contributed by atoms with Crippen molar-refractivity contribution in [1.29, 1.82) is 0 Å². The minimum atomic E-state index is -0.0496. The fraction of sp³-hybridized carbons (Fsp3) is 0.833. The van der Waals surface area contributed by atoms with E-state index in [0.29, 0.717) is 32.7 Å². The number of rotatable bonds is 5. The van der Waals surface area contributed by atoms with Crippen LogP contribution in [0.1, 0.15) is 32.6 Å². The lowest BCUT2D eigenvalue weighted by Gasteiger charge is -2.39. The van der Waals surface area contributed by atoms with Crippen molar-refractivity contribution in [2.45, 2.75) is 32.6 Å². The Hall–Kier alpha value is -1.63. The second-order valence-corrected chi connectivity index (χ2v) is 7.45. The van der Waals surface area contributed by atoms with Crippen molar-refractivity contribution in [2.75, 3.05) is 52.4 Å². The Morgan fingerprint density at radius 1 is 0.880 bits per heavy atom. The zero-order valence-corrected chi connectivity index (χ0v) is 15.2. The van der Waals surface area contributed by atoms with Gasteiger partial charge in [-0.2, -0.15) is 0 Å². The Labute approximate surface area is 149 Å². The third kappa shape index (κ3) is 4.71. The van der Waals surface area contributed by atoms with Gasteiger partial charge in [0.15, 0.2) is 0 Å². The minimum absolute atomic E-state index is 0.0452. The van der Waals surface area contributed by atoms with Gasteiger partial charge >= 0.3 is 0 Å². The van der Waals surface area contributed by atoms with E-state index in [-0.39, 0.29) is 29.6 Å². The van der Waals surface area contributed by atoms with Crippen LogP contribution in [-0.2, 0) is 14.4 Å². The molecule has 0 bridgehead atoms. The molecule has 1 atom stereocenters. The summed E-state index contributed by atoms with van der Waals surface area (Å²) in [5, 5.41) is 2.81. The van der Waals surface area contributed by atoms with Gasteiger partial charge in [-0.3, -0.25) is 19.3 Å². The Morgan fingerprint density at radius 2 is 1.56 bits per heavy atom. The van der Waals surface area contributed by atoms with Crippen molar-refractivity contribution < 1.29 is 14.4 Å². The van der Waals surface area contributed by atoms with Crippen LogP contribution in [0.5, 0.6) is 0 Å². The van der Waals surface area contributed by atoms with Crippen LogP contribution in [0.3, 0.4) is 0 Å². The number of nitrogens with zero attached hydrogens (tertiary/aromatic N) is 3. The number of piperidine rings is 1. The summed E-state index contributed by atoms with van der Waals surface area (Å²) in [6.45, 7) is 7.18. The van der Waals surface area contributed by atoms with Gasteiger partial charge in [-0.25, -0.2) is 0 Å². The van der Waals surface area contributed by atoms with E-state index in [1.54, 1.807) is 0 Å². The summed E-state index contributed by atoms with van der Waals surface area (Å²) in [6.07, 6.45) is 3.83. The molecule has 2 saturated heterocycles. The number of nitrogens with one attached hydrogen (secondary N) is 1. The fourth-order valence-corrected chi connectivity index (χ4v) is 3.81. The smallest absolute Gasteiger partial charge is 0.234 e. The molecule has 0 aromatic carbocycles. The van der Waals surface area contributed by atoms with E-state index in [1.165, 1.54) is 0 Å². The van der Waals surface area contributed by atoms with Gasteiger partial charge in [-0.15, -0.1) is 0 Å². The van der Waals surface area contributed by atoms with Gasteiger partial charge in [0.05, 0.1) is 12.5 Å². The highest BCUT2D eigenvalue weighted by molar-refractivity contribution is 5.83. The third-order valence-corrected chi connectivity index (χ3v) is 5.43. The van der Waals surface area contributed by atoms with E-state index >= 15 is 0 Å². The summed E-state index contributed by atoms with van der Waals surface area (Å²) in [4.78, 5) is 42.7. The molecule has 3 aliphatic rings. The van der Waals surface area contributed by atoms with Crippen LogP contribution in [0.25, 0.3) is 0 Å². The van der Waals surface area contributed by atoms with E-state index in [9.17, 15) is 14.4 Å². The maximum Gasteiger partial charge on any atom is 0.234 e. The topological polar surface area (TPSA) is 73.0 Å². The summed E-state index contributed by atoms with van der Waals surface area (Å²) in [6, 6.07) is 0. The van der Waals surface area contributed by atoms with Crippen LogP contribution in [0.2, 0.25) is 0 Å². The van der Waals surface area contributed by atoms with E-state index in [1.807, 2.05) is 16.7 Å². The zero-order chi connectivity index (χ0) is 17.8. The molecule has 2 heterocycles. The first-order valence-electron chi connectivity index (χ1n) is 9.65. The lowest BCUT2D eigenvalue weighted by molar-refractivity contribution is -0.142. The molecular formula is C18H30N4O3. The predicted octanol–water partition coefficient (Wildman–Crippen LogP) is -0.0847. The highest BCUT2D eigenvalue weighted by Crippen LogP contribution is 2.32.